The summed E-state index contributed by atoms with van der Waals surface area (Å²) in [4.78, 5) is 0. The molecule has 1 heterocycles. The van der Waals surface area contributed by atoms with Crippen LogP contribution in [-0.2, 0) is 0 Å². The lowest BCUT2D eigenvalue weighted by Crippen LogP contribution is -2.29. The lowest BCUT2D eigenvalue weighted by Gasteiger charge is -2.33. The second-order valence-electron chi connectivity index (χ2n) is 5.91. The number of benzene rings is 2. The van der Waals surface area contributed by atoms with Crippen molar-refractivity contribution in [2.45, 2.75) is 39.3 Å². The van der Waals surface area contributed by atoms with Gasteiger partial charge in [0.1, 0.15) is 11.9 Å². The molecular formula is C19H23NO. The van der Waals surface area contributed by atoms with Gasteiger partial charge in [0.05, 0.1) is 0 Å². The van der Waals surface area contributed by atoms with Crippen molar-refractivity contribution in [1.82, 2.24) is 5.32 Å². The maximum Gasteiger partial charge on any atom is 0.126 e. The van der Waals surface area contributed by atoms with Gasteiger partial charge in [-0.2, -0.15) is 0 Å². The second-order valence-corrected chi connectivity index (χ2v) is 5.91. The first-order valence-corrected chi connectivity index (χ1v) is 7.74. The third-order valence-corrected chi connectivity index (χ3v) is 4.08. The van der Waals surface area contributed by atoms with Gasteiger partial charge in [-0.1, -0.05) is 54.4 Å². The summed E-state index contributed by atoms with van der Waals surface area (Å²) in [5, 5.41) is 3.59. The predicted molar refractivity (Wildman–Crippen MR) is 86.8 cm³/mol. The first-order valence-electron chi connectivity index (χ1n) is 7.74. The van der Waals surface area contributed by atoms with Crippen molar-refractivity contribution in [3.63, 3.8) is 0 Å². The van der Waals surface area contributed by atoms with Crippen molar-refractivity contribution in [1.29, 1.82) is 0 Å². The summed E-state index contributed by atoms with van der Waals surface area (Å²) in [5.41, 5.74) is 5.16. The summed E-state index contributed by atoms with van der Waals surface area (Å²) in [7, 11) is 0. The van der Waals surface area contributed by atoms with Crippen LogP contribution in [0.1, 0.15) is 47.7 Å². The lowest BCUT2D eigenvalue weighted by atomic mass is 9.91. The van der Waals surface area contributed by atoms with Crippen molar-refractivity contribution in [2.75, 3.05) is 6.54 Å². The molecule has 0 bridgehead atoms. The standard InChI is InChI=1S/C19H23NO/c1-4-20-17-12-19(15-10-13(2)9-14(3)11-15)21-18-8-6-5-7-16(17)18/h5-11,17,19-20H,4,12H2,1-3H3. The van der Waals surface area contributed by atoms with E-state index in [0.717, 1.165) is 18.7 Å². The minimum Gasteiger partial charge on any atom is -0.485 e. The Labute approximate surface area is 127 Å². The van der Waals surface area contributed by atoms with E-state index in [4.69, 9.17) is 4.74 Å². The normalized spacial score (nSPS) is 20.7. The van der Waals surface area contributed by atoms with Crippen LogP contribution in [0.3, 0.4) is 0 Å². The van der Waals surface area contributed by atoms with E-state index in [0.29, 0.717) is 6.04 Å². The summed E-state index contributed by atoms with van der Waals surface area (Å²) in [6, 6.07) is 15.4. The Morgan fingerprint density at radius 1 is 1.10 bits per heavy atom. The van der Waals surface area contributed by atoms with Crippen LogP contribution in [0.25, 0.3) is 0 Å². The zero-order valence-electron chi connectivity index (χ0n) is 13.0. The van der Waals surface area contributed by atoms with E-state index in [2.05, 4.69) is 62.5 Å². The number of nitrogens with one attached hydrogen (secondary N) is 1. The van der Waals surface area contributed by atoms with Gasteiger partial charge in [-0.05, 0) is 32.0 Å². The molecule has 2 aromatic rings. The third kappa shape index (κ3) is 2.96. The summed E-state index contributed by atoms with van der Waals surface area (Å²) < 4.78 is 6.26. The van der Waals surface area contributed by atoms with Crippen LogP contribution in [0.15, 0.2) is 42.5 Å². The predicted octanol–water partition coefficient (Wildman–Crippen LogP) is 4.48. The third-order valence-electron chi connectivity index (χ3n) is 4.08. The first-order chi connectivity index (χ1) is 10.2. The Kier molecular flexibility index (Phi) is 3.98. The molecule has 2 atom stereocenters. The number of hydrogen-bond donors (Lipinski definition) is 1. The molecule has 2 heteroatoms. The topological polar surface area (TPSA) is 21.3 Å². The highest BCUT2D eigenvalue weighted by Crippen LogP contribution is 2.40. The molecule has 0 saturated heterocycles. The summed E-state index contributed by atoms with van der Waals surface area (Å²) in [5.74, 6) is 1.01. The number of aryl methyl sites for hydroxylation is 2. The van der Waals surface area contributed by atoms with Gasteiger partial charge in [-0.25, -0.2) is 0 Å². The molecule has 2 aromatic carbocycles. The quantitative estimate of drug-likeness (QED) is 0.895. The number of rotatable bonds is 3. The van der Waals surface area contributed by atoms with E-state index < -0.39 is 0 Å². The molecule has 1 N–H and O–H groups in total. The van der Waals surface area contributed by atoms with Crippen LogP contribution in [0.4, 0.5) is 0 Å². The largest absolute Gasteiger partial charge is 0.485 e. The average Bonchev–Trinajstić information content (AvgIpc) is 2.46. The highest BCUT2D eigenvalue weighted by atomic mass is 16.5. The van der Waals surface area contributed by atoms with E-state index in [1.165, 1.54) is 22.3 Å². The van der Waals surface area contributed by atoms with Crippen LogP contribution in [0, 0.1) is 13.8 Å². The monoisotopic (exact) mass is 281 g/mol. The SMILES string of the molecule is CCNC1CC(c2cc(C)cc(C)c2)Oc2ccccc21. The van der Waals surface area contributed by atoms with E-state index >= 15 is 0 Å². The van der Waals surface area contributed by atoms with Crippen LogP contribution in [0.5, 0.6) is 5.75 Å². The van der Waals surface area contributed by atoms with Crippen molar-refractivity contribution < 1.29 is 4.74 Å². The van der Waals surface area contributed by atoms with Crippen LogP contribution in [-0.4, -0.2) is 6.54 Å². The second kappa shape index (κ2) is 5.90. The fourth-order valence-corrected chi connectivity index (χ4v) is 3.26. The van der Waals surface area contributed by atoms with Gasteiger partial charge < -0.3 is 10.1 Å². The van der Waals surface area contributed by atoms with Gasteiger partial charge in [0, 0.05) is 18.0 Å². The number of hydrogen-bond acceptors (Lipinski definition) is 2. The van der Waals surface area contributed by atoms with Gasteiger partial charge >= 0.3 is 0 Å². The average molecular weight is 281 g/mol. The Bertz CT molecular complexity index is 615. The zero-order valence-corrected chi connectivity index (χ0v) is 13.0. The molecule has 1 aliphatic heterocycles. The molecule has 0 aliphatic carbocycles. The molecule has 0 spiro atoms. The van der Waals surface area contributed by atoms with E-state index in [9.17, 15) is 0 Å². The minimum atomic E-state index is 0.127. The number of para-hydroxylation sites is 1. The lowest BCUT2D eigenvalue weighted by molar-refractivity contribution is 0.152. The Morgan fingerprint density at radius 3 is 2.52 bits per heavy atom. The van der Waals surface area contributed by atoms with Gasteiger partial charge in [0.15, 0.2) is 0 Å². The molecule has 0 fully saturated rings. The van der Waals surface area contributed by atoms with Crippen molar-refractivity contribution in [2.24, 2.45) is 0 Å². The van der Waals surface area contributed by atoms with E-state index in [1.807, 2.05) is 6.07 Å². The molecular weight excluding hydrogens is 258 g/mol. The van der Waals surface area contributed by atoms with E-state index in [-0.39, 0.29) is 6.10 Å². The Morgan fingerprint density at radius 2 is 1.81 bits per heavy atom. The highest BCUT2D eigenvalue weighted by molar-refractivity contribution is 5.40. The highest BCUT2D eigenvalue weighted by Gasteiger charge is 2.28. The first kappa shape index (κ1) is 14.2. The summed E-state index contributed by atoms with van der Waals surface area (Å²) in [6.45, 7) is 7.42. The van der Waals surface area contributed by atoms with Gasteiger partial charge in [-0.3, -0.25) is 0 Å². The van der Waals surface area contributed by atoms with Gasteiger partial charge in [0.2, 0.25) is 0 Å². The fraction of sp³-hybridized carbons (Fsp3) is 0.368. The minimum absolute atomic E-state index is 0.127. The molecule has 3 rings (SSSR count). The van der Waals surface area contributed by atoms with E-state index in [1.54, 1.807) is 0 Å². The Hall–Kier alpha value is -1.80. The van der Waals surface area contributed by atoms with Gasteiger partial charge in [-0.15, -0.1) is 0 Å². The number of ether oxygens (including phenoxy) is 1. The van der Waals surface area contributed by atoms with Crippen molar-refractivity contribution in [3.05, 3.63) is 64.7 Å². The van der Waals surface area contributed by atoms with Crippen LogP contribution < -0.4 is 10.1 Å². The Balaban J connectivity index is 1.95. The molecule has 0 radical (unpaired) electrons. The molecule has 0 saturated carbocycles. The summed E-state index contributed by atoms with van der Waals surface area (Å²) >= 11 is 0. The molecule has 0 aromatic heterocycles. The smallest absolute Gasteiger partial charge is 0.126 e. The van der Waals surface area contributed by atoms with Crippen molar-refractivity contribution in [3.8, 4) is 5.75 Å². The summed E-state index contributed by atoms with van der Waals surface area (Å²) in [6.07, 6.45) is 1.11. The van der Waals surface area contributed by atoms with Crippen LogP contribution in [0.2, 0.25) is 0 Å². The van der Waals surface area contributed by atoms with Crippen LogP contribution >= 0.6 is 0 Å². The molecule has 2 nitrogen and oxygen atoms in total. The molecule has 21 heavy (non-hydrogen) atoms. The van der Waals surface area contributed by atoms with Gasteiger partial charge in [0.25, 0.3) is 0 Å². The maximum atomic E-state index is 6.26. The molecule has 110 valence electrons. The molecule has 2 unspecified atom stereocenters. The van der Waals surface area contributed by atoms with Crippen molar-refractivity contribution >= 4 is 0 Å². The maximum absolute atomic E-state index is 6.26. The molecule has 1 aliphatic rings. The zero-order chi connectivity index (χ0) is 14.8. The fourth-order valence-electron chi connectivity index (χ4n) is 3.26. The molecule has 0 amide bonds. The number of fused-ring (bicyclic) bond motifs is 1.